The molecule has 6 atom stereocenters. The minimum absolute atomic E-state index is 0.430. The lowest BCUT2D eigenvalue weighted by Gasteiger charge is -2.27. The Labute approximate surface area is 181 Å². The largest absolute Gasteiger partial charge is 0.490 e. The molecule has 21 heteroatoms. The van der Waals surface area contributed by atoms with Crippen molar-refractivity contribution in [2.24, 2.45) is 0 Å². The Balaban J connectivity index is 2.28. The second-order valence-corrected chi connectivity index (χ2v) is 10.8. The Bertz CT molecular complexity index is 1190. The van der Waals surface area contributed by atoms with Crippen LogP contribution in [0, 0.1) is 17.1 Å². The van der Waals surface area contributed by atoms with Gasteiger partial charge in [-0.2, -0.15) is 8.62 Å². The molecule has 0 aliphatic carbocycles. The molecule has 1 fully saturated rings. The second-order valence-electron chi connectivity index (χ2n) is 6.01. The first-order chi connectivity index (χ1) is 14.3. The van der Waals surface area contributed by atoms with Gasteiger partial charge in [0.1, 0.15) is 6.61 Å². The third kappa shape index (κ3) is 6.06. The number of halogens is 1. The van der Waals surface area contributed by atoms with E-state index >= 15 is 4.39 Å². The molecule has 32 heavy (non-hydrogen) atoms. The third-order valence-corrected chi connectivity index (χ3v) is 7.78. The van der Waals surface area contributed by atoms with Crippen molar-refractivity contribution in [1.29, 1.82) is 0 Å². The van der Waals surface area contributed by atoms with Gasteiger partial charge < -0.3 is 34.5 Å². The highest BCUT2D eigenvalue weighted by atomic mass is 32.1. The van der Waals surface area contributed by atoms with Crippen LogP contribution >= 0.6 is 35.7 Å². The van der Waals surface area contributed by atoms with E-state index in [1.807, 2.05) is 0 Å². The van der Waals surface area contributed by atoms with E-state index in [4.69, 9.17) is 38.1 Å². The Morgan fingerprint density at radius 2 is 1.88 bits per heavy atom. The number of aliphatic hydroxyl groups is 2. The van der Waals surface area contributed by atoms with E-state index < -0.39 is 64.2 Å². The Hall–Kier alpha value is -1.12. The van der Waals surface area contributed by atoms with E-state index in [0.717, 1.165) is 16.8 Å². The maximum Gasteiger partial charge on any atom is 0.490 e. The molecule has 1 aromatic rings. The number of aromatic nitrogens is 2. The Kier molecular flexibility index (Phi) is 7.56. The third-order valence-electron chi connectivity index (χ3n) is 3.68. The van der Waals surface area contributed by atoms with Crippen molar-refractivity contribution in [2.75, 3.05) is 6.61 Å². The fourth-order valence-electron chi connectivity index (χ4n) is 2.42. The summed E-state index contributed by atoms with van der Waals surface area (Å²) in [5.41, 5.74) is -3.57. The number of ether oxygens (including phenoxy) is 1. The normalized spacial score (nSPS) is 32.1. The number of nitrogens with one attached hydrogen (secondary N) is 1. The van der Waals surface area contributed by atoms with Crippen molar-refractivity contribution in [2.45, 2.75) is 23.8 Å². The maximum absolute atomic E-state index is 15.2. The van der Waals surface area contributed by atoms with Crippen LogP contribution in [0.3, 0.4) is 0 Å². The highest BCUT2D eigenvalue weighted by Gasteiger charge is 2.65. The van der Waals surface area contributed by atoms with Crippen LogP contribution < -0.4 is 5.56 Å². The summed E-state index contributed by atoms with van der Waals surface area (Å²) in [6.07, 6.45) is 1.38. The van der Waals surface area contributed by atoms with Crippen LogP contribution in [0.1, 0.15) is 6.23 Å². The quantitative estimate of drug-likeness (QED) is 0.120. The van der Waals surface area contributed by atoms with Gasteiger partial charge in [-0.05, 0) is 12.2 Å². The number of rotatable bonds is 8. The van der Waals surface area contributed by atoms with Crippen LogP contribution in [0.25, 0.3) is 0 Å². The average molecular weight is 542 g/mol. The van der Waals surface area contributed by atoms with Gasteiger partial charge in [-0.15, -0.1) is 6.42 Å². The molecule has 1 aromatic heterocycles. The molecular formula is C11H14FN2O14P3S. The van der Waals surface area contributed by atoms with E-state index in [9.17, 15) is 33.6 Å². The number of hydrogen-bond donors (Lipinski definition) is 7. The first kappa shape index (κ1) is 27.1. The van der Waals surface area contributed by atoms with E-state index in [1.165, 1.54) is 0 Å². The molecule has 3 unspecified atom stereocenters. The predicted molar refractivity (Wildman–Crippen MR) is 99.5 cm³/mol. The zero-order valence-corrected chi connectivity index (χ0v) is 18.6. The highest BCUT2D eigenvalue weighted by Crippen LogP contribution is 2.66. The molecule has 16 nitrogen and oxygen atoms in total. The van der Waals surface area contributed by atoms with Gasteiger partial charge in [0, 0.05) is 12.3 Å². The van der Waals surface area contributed by atoms with E-state index in [-0.39, 0.29) is 0 Å². The molecule has 180 valence electrons. The fraction of sp³-hybridized carbons (Fsp3) is 0.455. The lowest BCUT2D eigenvalue weighted by molar-refractivity contribution is -0.204. The van der Waals surface area contributed by atoms with Gasteiger partial charge in [0.05, 0.1) is 0 Å². The molecule has 0 aromatic carbocycles. The molecule has 0 spiro atoms. The average Bonchev–Trinajstić information content (AvgIpc) is 2.80. The number of phosphoric ester groups is 1. The SMILES string of the molecule is C#C[C@@]1(O)C(O)[C@@](F)(COP(=O)(O)OP(=O)(O)OP(=O)(O)O)O[C@H]1n1ccc(=O)[nH]c1=S. The number of hydrogen-bond acceptors (Lipinski definition) is 11. The summed E-state index contributed by atoms with van der Waals surface area (Å²) in [6, 6.07) is 0.882. The number of terminal acetylenes is 1. The van der Waals surface area contributed by atoms with Crippen molar-refractivity contribution < 1.29 is 65.8 Å². The lowest BCUT2D eigenvalue weighted by Crippen LogP contribution is -2.50. The lowest BCUT2D eigenvalue weighted by atomic mass is 9.94. The van der Waals surface area contributed by atoms with Crippen molar-refractivity contribution in [3.63, 3.8) is 0 Å². The van der Waals surface area contributed by atoms with Gasteiger partial charge in [-0.25, -0.2) is 18.1 Å². The number of alkyl halides is 1. The summed E-state index contributed by atoms with van der Waals surface area (Å²) in [6.45, 7) is -1.78. The molecule has 0 amide bonds. The number of H-pyrrole nitrogens is 1. The van der Waals surface area contributed by atoms with Gasteiger partial charge in [-0.1, -0.05) is 5.92 Å². The summed E-state index contributed by atoms with van der Waals surface area (Å²) in [4.78, 5) is 48.8. The van der Waals surface area contributed by atoms with Crippen LogP contribution in [0.5, 0.6) is 0 Å². The van der Waals surface area contributed by atoms with Crippen LogP contribution in [-0.4, -0.2) is 63.5 Å². The van der Waals surface area contributed by atoms with Gasteiger partial charge in [0.2, 0.25) is 5.60 Å². The first-order valence-corrected chi connectivity index (χ1v) is 12.6. The predicted octanol–water partition coefficient (Wildman–Crippen LogP) is -0.831. The number of nitrogens with zero attached hydrogens (tertiary/aromatic N) is 1. The fourth-order valence-corrected chi connectivity index (χ4v) is 5.71. The van der Waals surface area contributed by atoms with Gasteiger partial charge >= 0.3 is 23.5 Å². The zero-order chi connectivity index (χ0) is 24.8. The molecule has 7 N–H and O–H groups in total. The van der Waals surface area contributed by atoms with Crippen molar-refractivity contribution in [1.82, 2.24) is 9.55 Å². The number of aromatic amines is 1. The molecule has 1 saturated heterocycles. The van der Waals surface area contributed by atoms with Gasteiger partial charge in [-0.3, -0.25) is 18.9 Å². The second kappa shape index (κ2) is 8.91. The van der Waals surface area contributed by atoms with Gasteiger partial charge in [0.15, 0.2) is 17.1 Å². The maximum atomic E-state index is 15.2. The topological polar surface area (TPSA) is 247 Å². The van der Waals surface area contributed by atoms with Crippen LogP contribution in [-0.2, 0) is 31.6 Å². The Morgan fingerprint density at radius 1 is 1.28 bits per heavy atom. The summed E-state index contributed by atoms with van der Waals surface area (Å²) in [5, 5.41) is 20.7. The molecule has 0 saturated carbocycles. The summed E-state index contributed by atoms with van der Waals surface area (Å²) < 4.78 is 65.1. The molecule has 1 aliphatic heterocycles. The van der Waals surface area contributed by atoms with Crippen molar-refractivity contribution >= 4 is 35.7 Å². The smallest absolute Gasteiger partial charge is 0.383 e. The first-order valence-electron chi connectivity index (χ1n) is 7.69. The molecule has 2 rings (SSSR count). The molecule has 0 radical (unpaired) electrons. The number of phosphoric acid groups is 3. The minimum atomic E-state index is -5.90. The molecule has 0 bridgehead atoms. The Morgan fingerprint density at radius 3 is 2.38 bits per heavy atom. The van der Waals surface area contributed by atoms with Crippen LogP contribution in [0.2, 0.25) is 0 Å². The minimum Gasteiger partial charge on any atom is -0.383 e. The molecule has 2 heterocycles. The molecular weight excluding hydrogens is 528 g/mol. The zero-order valence-electron chi connectivity index (χ0n) is 15.1. The van der Waals surface area contributed by atoms with E-state index in [1.54, 1.807) is 5.92 Å². The standard InChI is InChI=1S/C11H14FN2O14P3S/c1-2-10(17)7(16)11(12,26-8(10)14-4-3-6(15)13-9(14)32)5-25-30(21,22)28-31(23,24)27-29(18,19)20/h1,3-4,7-8,16-17H,5H2,(H,21,22)(H,23,24)(H,13,15,32)(H2,18,19,20)/t7?,8-,10-,11-/m1/s1. The van der Waals surface area contributed by atoms with E-state index in [0.29, 0.717) is 0 Å². The summed E-state index contributed by atoms with van der Waals surface area (Å²) in [5.74, 6) is -1.91. The highest BCUT2D eigenvalue weighted by molar-refractivity contribution is 7.71. The van der Waals surface area contributed by atoms with Gasteiger partial charge in [0.25, 0.3) is 11.4 Å². The summed E-state index contributed by atoms with van der Waals surface area (Å²) in [7, 11) is -17.4. The molecule has 1 aliphatic rings. The van der Waals surface area contributed by atoms with E-state index in [2.05, 4.69) is 18.1 Å². The monoisotopic (exact) mass is 542 g/mol. The van der Waals surface area contributed by atoms with Crippen LogP contribution in [0.15, 0.2) is 17.1 Å². The summed E-state index contributed by atoms with van der Waals surface area (Å²) >= 11 is 4.84. The van der Waals surface area contributed by atoms with Crippen molar-refractivity contribution in [3.8, 4) is 12.3 Å². The van der Waals surface area contributed by atoms with Crippen molar-refractivity contribution in [3.05, 3.63) is 27.4 Å². The van der Waals surface area contributed by atoms with Crippen LogP contribution in [0.4, 0.5) is 4.39 Å². The number of aliphatic hydroxyl groups excluding tert-OH is 1.